The van der Waals surface area contributed by atoms with Crippen LogP contribution in [0, 0.1) is 22.7 Å². The van der Waals surface area contributed by atoms with E-state index in [1.54, 1.807) is 12.1 Å². The summed E-state index contributed by atoms with van der Waals surface area (Å²) in [6.45, 7) is -3.89. The minimum Gasteiger partial charge on any atom is -0.423 e. The van der Waals surface area contributed by atoms with E-state index in [-0.39, 0.29) is 16.9 Å². The minimum absolute atomic E-state index is 0.0580. The standard InChI is InChI=1S/C8H5N2O3PS/c9-4-6-2-1-3-8(7(6)5-10)13-14(11,12)15/h1-3H,(H2,11,12,15). The maximum Gasteiger partial charge on any atom is 0.375 e. The zero-order chi connectivity index (χ0) is 11.5. The molecule has 0 heterocycles. The van der Waals surface area contributed by atoms with Crippen LogP contribution in [-0.2, 0) is 11.8 Å². The van der Waals surface area contributed by atoms with Gasteiger partial charge in [-0.2, -0.15) is 10.5 Å². The zero-order valence-electron chi connectivity index (χ0n) is 7.28. The fourth-order valence-corrected chi connectivity index (χ4v) is 1.59. The molecular formula is C8H5N2O3PS. The summed E-state index contributed by atoms with van der Waals surface area (Å²) in [6, 6.07) is 7.74. The Morgan fingerprint density at radius 1 is 1.27 bits per heavy atom. The summed E-state index contributed by atoms with van der Waals surface area (Å²) >= 11 is 4.26. The van der Waals surface area contributed by atoms with Gasteiger partial charge in [0.1, 0.15) is 23.5 Å². The highest BCUT2D eigenvalue weighted by molar-refractivity contribution is 8.06. The van der Waals surface area contributed by atoms with E-state index < -0.39 is 6.72 Å². The molecule has 7 heteroatoms. The summed E-state index contributed by atoms with van der Waals surface area (Å²) in [7, 11) is 0. The molecule has 0 atom stereocenters. The van der Waals surface area contributed by atoms with Gasteiger partial charge in [-0.05, 0) is 12.1 Å². The molecule has 0 aliphatic heterocycles. The largest absolute Gasteiger partial charge is 0.423 e. The van der Waals surface area contributed by atoms with Gasteiger partial charge in [0.15, 0.2) is 0 Å². The van der Waals surface area contributed by atoms with E-state index >= 15 is 0 Å². The van der Waals surface area contributed by atoms with Gasteiger partial charge in [-0.25, -0.2) is 0 Å². The molecule has 1 rings (SSSR count). The SMILES string of the molecule is N#Cc1cccc(OP(O)(O)=S)c1C#N. The predicted molar refractivity (Wildman–Crippen MR) is 55.2 cm³/mol. The van der Waals surface area contributed by atoms with Crippen molar-refractivity contribution in [3.8, 4) is 17.9 Å². The summed E-state index contributed by atoms with van der Waals surface area (Å²) in [5.74, 6) is -0.0927. The van der Waals surface area contributed by atoms with Gasteiger partial charge >= 0.3 is 6.72 Å². The molecule has 0 spiro atoms. The Bertz CT molecular complexity index is 512. The fraction of sp³-hybridized carbons (Fsp3) is 0. The molecule has 1 aromatic carbocycles. The van der Waals surface area contributed by atoms with Gasteiger partial charge in [0.25, 0.3) is 0 Å². The Kier molecular flexibility index (Phi) is 3.41. The summed E-state index contributed by atoms with van der Waals surface area (Å²) < 4.78 is 4.63. The molecule has 15 heavy (non-hydrogen) atoms. The zero-order valence-corrected chi connectivity index (χ0v) is 9.00. The van der Waals surface area contributed by atoms with Crippen LogP contribution in [0.15, 0.2) is 18.2 Å². The molecule has 0 aromatic heterocycles. The maximum atomic E-state index is 8.92. The highest BCUT2D eigenvalue weighted by atomic mass is 32.5. The lowest BCUT2D eigenvalue weighted by molar-refractivity contribution is 0.370. The molecule has 0 radical (unpaired) electrons. The smallest absolute Gasteiger partial charge is 0.375 e. The van der Waals surface area contributed by atoms with Crippen molar-refractivity contribution < 1.29 is 14.3 Å². The van der Waals surface area contributed by atoms with Gasteiger partial charge in [-0.1, -0.05) is 6.07 Å². The molecule has 0 saturated carbocycles. The molecule has 1 aromatic rings. The molecule has 0 unspecified atom stereocenters. The minimum atomic E-state index is -3.89. The van der Waals surface area contributed by atoms with Gasteiger partial charge in [0.05, 0.1) is 5.56 Å². The molecule has 5 nitrogen and oxygen atoms in total. The second-order valence-electron chi connectivity index (χ2n) is 2.48. The van der Waals surface area contributed by atoms with E-state index in [2.05, 4.69) is 16.3 Å². The molecule has 0 fully saturated rings. The van der Waals surface area contributed by atoms with E-state index in [9.17, 15) is 0 Å². The number of nitriles is 2. The molecule has 0 aliphatic rings. The summed E-state index contributed by atoms with van der Waals surface area (Å²) in [5, 5.41) is 17.4. The van der Waals surface area contributed by atoms with Crippen LogP contribution < -0.4 is 4.52 Å². The van der Waals surface area contributed by atoms with Gasteiger partial charge in [0, 0.05) is 11.8 Å². The van der Waals surface area contributed by atoms with Gasteiger partial charge < -0.3 is 14.3 Å². The number of nitrogens with zero attached hydrogens (tertiary/aromatic N) is 2. The Hall–Kier alpha value is -1.43. The molecule has 0 bridgehead atoms. The molecule has 76 valence electrons. The van der Waals surface area contributed by atoms with Crippen molar-refractivity contribution in [2.75, 3.05) is 0 Å². The molecular weight excluding hydrogens is 235 g/mol. The first kappa shape index (κ1) is 11.6. The highest BCUT2D eigenvalue weighted by Gasteiger charge is 2.15. The fourth-order valence-electron chi connectivity index (χ4n) is 0.944. The van der Waals surface area contributed by atoms with Crippen LogP contribution in [0.3, 0.4) is 0 Å². The number of rotatable bonds is 2. The lowest BCUT2D eigenvalue weighted by Gasteiger charge is -2.11. The van der Waals surface area contributed by atoms with Gasteiger partial charge in [-0.15, -0.1) is 0 Å². The first-order chi connectivity index (χ1) is 6.98. The van der Waals surface area contributed by atoms with Crippen LogP contribution in [0.25, 0.3) is 0 Å². The lowest BCUT2D eigenvalue weighted by Crippen LogP contribution is -1.94. The van der Waals surface area contributed by atoms with Crippen LogP contribution in [0.4, 0.5) is 0 Å². The third-order valence-corrected chi connectivity index (χ3v) is 2.13. The van der Waals surface area contributed by atoms with Crippen molar-refractivity contribution in [2.24, 2.45) is 0 Å². The highest BCUT2D eigenvalue weighted by Crippen LogP contribution is 2.39. The summed E-state index contributed by atoms with van der Waals surface area (Å²) in [4.78, 5) is 17.8. The first-order valence-corrected chi connectivity index (χ1v) is 6.29. The Labute approximate surface area is 91.0 Å². The van der Waals surface area contributed by atoms with E-state index in [0.29, 0.717) is 0 Å². The van der Waals surface area contributed by atoms with E-state index in [4.69, 9.17) is 20.3 Å². The first-order valence-electron chi connectivity index (χ1n) is 3.66. The Morgan fingerprint density at radius 2 is 1.93 bits per heavy atom. The average molecular weight is 240 g/mol. The van der Waals surface area contributed by atoms with Crippen LogP contribution in [-0.4, -0.2) is 9.79 Å². The van der Waals surface area contributed by atoms with Crippen LogP contribution in [0.5, 0.6) is 5.75 Å². The van der Waals surface area contributed by atoms with Crippen LogP contribution >= 0.6 is 6.72 Å². The van der Waals surface area contributed by atoms with Crippen molar-refractivity contribution >= 4 is 18.5 Å². The Balaban J connectivity index is 3.27. The van der Waals surface area contributed by atoms with Gasteiger partial charge in [0.2, 0.25) is 0 Å². The monoisotopic (exact) mass is 240 g/mol. The van der Waals surface area contributed by atoms with Gasteiger partial charge in [-0.3, -0.25) is 0 Å². The summed E-state index contributed by atoms with van der Waals surface area (Å²) in [5.41, 5.74) is 0.0378. The van der Waals surface area contributed by atoms with Crippen LogP contribution in [0.2, 0.25) is 0 Å². The van der Waals surface area contributed by atoms with Crippen molar-refractivity contribution in [3.63, 3.8) is 0 Å². The normalized spacial score (nSPS) is 10.1. The topological polar surface area (TPSA) is 97.3 Å². The molecule has 0 aliphatic carbocycles. The maximum absolute atomic E-state index is 8.92. The second kappa shape index (κ2) is 4.39. The van der Waals surface area contributed by atoms with E-state index in [1.807, 2.05) is 0 Å². The van der Waals surface area contributed by atoms with E-state index in [0.717, 1.165) is 0 Å². The lowest BCUT2D eigenvalue weighted by atomic mass is 10.1. The number of hydrogen-bond donors (Lipinski definition) is 2. The van der Waals surface area contributed by atoms with E-state index in [1.165, 1.54) is 18.2 Å². The number of hydrogen-bond acceptors (Lipinski definition) is 4. The number of benzene rings is 1. The predicted octanol–water partition coefficient (Wildman–Crippen LogP) is 1.02. The van der Waals surface area contributed by atoms with Crippen molar-refractivity contribution in [3.05, 3.63) is 29.3 Å². The van der Waals surface area contributed by atoms with Crippen LogP contribution in [0.1, 0.15) is 11.1 Å². The summed E-state index contributed by atoms with van der Waals surface area (Å²) in [6.07, 6.45) is 0. The quantitative estimate of drug-likeness (QED) is 0.749. The van der Waals surface area contributed by atoms with Crippen molar-refractivity contribution in [2.45, 2.75) is 0 Å². The Morgan fingerprint density at radius 3 is 2.40 bits per heavy atom. The molecule has 2 N–H and O–H groups in total. The van der Waals surface area contributed by atoms with Crippen molar-refractivity contribution in [1.82, 2.24) is 0 Å². The second-order valence-corrected chi connectivity index (χ2v) is 5.07. The third-order valence-electron chi connectivity index (χ3n) is 1.48. The van der Waals surface area contributed by atoms with Crippen molar-refractivity contribution in [1.29, 1.82) is 10.5 Å². The molecule has 0 saturated heterocycles. The average Bonchev–Trinajstić information content (AvgIpc) is 2.15. The molecule has 0 amide bonds. The third kappa shape index (κ3) is 3.02.